The van der Waals surface area contributed by atoms with Crippen molar-refractivity contribution in [1.29, 1.82) is 0 Å². The number of amides is 1. The van der Waals surface area contributed by atoms with E-state index in [1.54, 1.807) is 11.8 Å². The zero-order valence-electron chi connectivity index (χ0n) is 10.5. The average molecular weight is 253 g/mol. The summed E-state index contributed by atoms with van der Waals surface area (Å²) in [7, 11) is 0. The summed E-state index contributed by atoms with van der Waals surface area (Å²) in [4.78, 5) is 12.7. The number of rotatable bonds is 5. The predicted octanol–water partition coefficient (Wildman–Crippen LogP) is 2.19. The van der Waals surface area contributed by atoms with Crippen molar-refractivity contribution in [1.82, 2.24) is 5.32 Å². The molecule has 0 fully saturated rings. The van der Waals surface area contributed by atoms with Crippen LogP contribution in [-0.2, 0) is 11.3 Å². The van der Waals surface area contributed by atoms with Crippen molar-refractivity contribution in [3.05, 3.63) is 29.8 Å². The molecule has 0 saturated carbocycles. The normalized spacial score (nSPS) is 11.3. The molecule has 1 rings (SSSR count). The van der Waals surface area contributed by atoms with E-state index in [1.807, 2.05) is 24.3 Å². The van der Waals surface area contributed by atoms with Crippen LogP contribution in [0.15, 0.2) is 29.2 Å². The molecule has 0 aliphatic carbocycles. The van der Waals surface area contributed by atoms with Crippen molar-refractivity contribution in [3.8, 4) is 0 Å². The lowest BCUT2D eigenvalue weighted by Crippen LogP contribution is -2.41. The van der Waals surface area contributed by atoms with E-state index in [2.05, 4.69) is 12.2 Å². The monoisotopic (exact) mass is 253 g/mol. The van der Waals surface area contributed by atoms with Crippen molar-refractivity contribution in [2.24, 2.45) is 0 Å². The third kappa shape index (κ3) is 4.79. The molecule has 0 saturated heterocycles. The SMILES string of the molecule is CCSc1ccc(CNC(=O)C(C)(C)O)cc1. The summed E-state index contributed by atoms with van der Waals surface area (Å²) in [6.07, 6.45) is 0. The Morgan fingerprint density at radius 2 is 1.94 bits per heavy atom. The van der Waals surface area contributed by atoms with Crippen LogP contribution in [0.1, 0.15) is 26.3 Å². The fourth-order valence-electron chi connectivity index (χ4n) is 1.27. The van der Waals surface area contributed by atoms with Crippen molar-refractivity contribution < 1.29 is 9.90 Å². The highest BCUT2D eigenvalue weighted by Crippen LogP contribution is 2.17. The standard InChI is InChI=1S/C13H19NO2S/c1-4-17-11-7-5-10(6-8-11)9-14-12(15)13(2,3)16/h5-8,16H,4,9H2,1-3H3,(H,14,15). The van der Waals surface area contributed by atoms with Gasteiger partial charge in [-0.1, -0.05) is 19.1 Å². The van der Waals surface area contributed by atoms with Crippen LogP contribution in [-0.4, -0.2) is 22.4 Å². The molecule has 1 aromatic carbocycles. The van der Waals surface area contributed by atoms with E-state index in [-0.39, 0.29) is 5.91 Å². The van der Waals surface area contributed by atoms with E-state index >= 15 is 0 Å². The first kappa shape index (κ1) is 14.1. The Kier molecular flexibility index (Phi) is 5.02. The molecule has 1 aromatic rings. The fraction of sp³-hybridized carbons (Fsp3) is 0.462. The smallest absolute Gasteiger partial charge is 0.251 e. The van der Waals surface area contributed by atoms with Crippen molar-refractivity contribution in [2.45, 2.75) is 37.8 Å². The van der Waals surface area contributed by atoms with Crippen molar-refractivity contribution in [3.63, 3.8) is 0 Å². The molecule has 0 aliphatic heterocycles. The van der Waals surface area contributed by atoms with E-state index in [0.29, 0.717) is 6.54 Å². The van der Waals surface area contributed by atoms with E-state index in [0.717, 1.165) is 11.3 Å². The quantitative estimate of drug-likeness (QED) is 0.791. The maximum absolute atomic E-state index is 11.4. The molecule has 17 heavy (non-hydrogen) atoms. The van der Waals surface area contributed by atoms with Crippen LogP contribution in [0.2, 0.25) is 0 Å². The van der Waals surface area contributed by atoms with Crippen LogP contribution in [0.25, 0.3) is 0 Å². The Balaban J connectivity index is 2.50. The molecular weight excluding hydrogens is 234 g/mol. The summed E-state index contributed by atoms with van der Waals surface area (Å²) in [5, 5.41) is 12.2. The number of benzene rings is 1. The van der Waals surface area contributed by atoms with E-state index in [1.165, 1.54) is 18.7 Å². The molecule has 0 radical (unpaired) electrons. The summed E-state index contributed by atoms with van der Waals surface area (Å²) in [6.45, 7) is 5.51. The maximum Gasteiger partial charge on any atom is 0.251 e. The maximum atomic E-state index is 11.4. The van der Waals surface area contributed by atoms with Gasteiger partial charge >= 0.3 is 0 Å². The molecule has 4 heteroatoms. The first-order valence-electron chi connectivity index (χ1n) is 5.66. The highest BCUT2D eigenvalue weighted by Gasteiger charge is 2.22. The molecular formula is C13H19NO2S. The summed E-state index contributed by atoms with van der Waals surface area (Å²) in [5.41, 5.74) is -0.291. The number of nitrogens with one attached hydrogen (secondary N) is 1. The van der Waals surface area contributed by atoms with Crippen LogP contribution < -0.4 is 5.32 Å². The second kappa shape index (κ2) is 6.07. The van der Waals surface area contributed by atoms with Gasteiger partial charge in [-0.15, -0.1) is 11.8 Å². The van der Waals surface area contributed by atoms with Crippen molar-refractivity contribution in [2.75, 3.05) is 5.75 Å². The molecule has 0 heterocycles. The lowest BCUT2D eigenvalue weighted by Gasteiger charge is -2.16. The van der Waals surface area contributed by atoms with Gasteiger partial charge in [0, 0.05) is 11.4 Å². The Bertz CT molecular complexity index is 368. The minimum Gasteiger partial charge on any atom is -0.381 e. The Morgan fingerprint density at radius 1 is 1.35 bits per heavy atom. The number of aliphatic hydroxyl groups is 1. The Morgan fingerprint density at radius 3 is 2.41 bits per heavy atom. The third-order valence-corrected chi connectivity index (χ3v) is 3.14. The number of thioether (sulfide) groups is 1. The molecule has 0 bridgehead atoms. The van der Waals surface area contributed by atoms with Crippen LogP contribution in [0, 0.1) is 0 Å². The first-order valence-corrected chi connectivity index (χ1v) is 6.64. The molecule has 0 aliphatic rings. The first-order chi connectivity index (χ1) is 7.93. The predicted molar refractivity (Wildman–Crippen MR) is 71.0 cm³/mol. The zero-order chi connectivity index (χ0) is 12.9. The Hall–Kier alpha value is -1.00. The molecule has 0 unspecified atom stereocenters. The second-order valence-corrected chi connectivity index (χ2v) is 5.66. The largest absolute Gasteiger partial charge is 0.381 e. The summed E-state index contributed by atoms with van der Waals surface area (Å²) >= 11 is 1.79. The topological polar surface area (TPSA) is 49.3 Å². The molecule has 0 spiro atoms. The van der Waals surface area contributed by atoms with E-state index in [9.17, 15) is 9.90 Å². The highest BCUT2D eigenvalue weighted by atomic mass is 32.2. The Labute approximate surface area is 107 Å². The zero-order valence-corrected chi connectivity index (χ0v) is 11.3. The van der Waals surface area contributed by atoms with Crippen LogP contribution in [0.3, 0.4) is 0 Å². The van der Waals surface area contributed by atoms with Gasteiger partial charge in [-0.05, 0) is 37.3 Å². The second-order valence-electron chi connectivity index (χ2n) is 4.32. The minimum atomic E-state index is -1.32. The van der Waals surface area contributed by atoms with Gasteiger partial charge in [0.1, 0.15) is 5.60 Å². The van der Waals surface area contributed by atoms with Crippen LogP contribution in [0.5, 0.6) is 0 Å². The van der Waals surface area contributed by atoms with Crippen LogP contribution >= 0.6 is 11.8 Å². The van der Waals surface area contributed by atoms with Gasteiger partial charge in [0.15, 0.2) is 0 Å². The summed E-state index contributed by atoms with van der Waals surface area (Å²) in [6, 6.07) is 8.06. The number of hydrogen-bond donors (Lipinski definition) is 2. The van der Waals surface area contributed by atoms with E-state index < -0.39 is 5.60 Å². The number of hydrogen-bond acceptors (Lipinski definition) is 3. The van der Waals surface area contributed by atoms with E-state index in [4.69, 9.17) is 0 Å². The van der Waals surface area contributed by atoms with Crippen LogP contribution in [0.4, 0.5) is 0 Å². The molecule has 2 N–H and O–H groups in total. The van der Waals surface area contributed by atoms with Gasteiger partial charge in [-0.2, -0.15) is 0 Å². The van der Waals surface area contributed by atoms with Gasteiger partial charge in [0.05, 0.1) is 0 Å². The lowest BCUT2D eigenvalue weighted by atomic mass is 10.1. The van der Waals surface area contributed by atoms with Gasteiger partial charge in [-0.25, -0.2) is 0 Å². The molecule has 0 atom stereocenters. The van der Waals surface area contributed by atoms with Crippen molar-refractivity contribution >= 4 is 17.7 Å². The molecule has 3 nitrogen and oxygen atoms in total. The lowest BCUT2D eigenvalue weighted by molar-refractivity contribution is -0.136. The van der Waals surface area contributed by atoms with Gasteiger partial charge in [-0.3, -0.25) is 4.79 Å². The number of carbonyl (C=O) groups is 1. The van der Waals surface area contributed by atoms with Gasteiger partial charge in [0.25, 0.3) is 5.91 Å². The van der Waals surface area contributed by atoms with Gasteiger partial charge < -0.3 is 10.4 Å². The summed E-state index contributed by atoms with van der Waals surface area (Å²) in [5.74, 6) is 0.693. The number of carbonyl (C=O) groups excluding carboxylic acids is 1. The fourth-order valence-corrected chi connectivity index (χ4v) is 1.93. The molecule has 1 amide bonds. The summed E-state index contributed by atoms with van der Waals surface area (Å²) < 4.78 is 0. The molecule has 0 aromatic heterocycles. The average Bonchev–Trinajstić information content (AvgIpc) is 2.27. The third-order valence-electron chi connectivity index (χ3n) is 2.24. The van der Waals surface area contributed by atoms with Gasteiger partial charge in [0.2, 0.25) is 0 Å². The minimum absolute atomic E-state index is 0.357. The highest BCUT2D eigenvalue weighted by molar-refractivity contribution is 7.99. The molecule has 94 valence electrons.